The Kier molecular flexibility index (Phi) is 6.05. The van der Waals surface area contributed by atoms with Crippen LogP contribution in [0.2, 0.25) is 0 Å². The van der Waals surface area contributed by atoms with E-state index in [-0.39, 0.29) is 43.0 Å². The summed E-state index contributed by atoms with van der Waals surface area (Å²) in [6.07, 6.45) is 1.10. The zero-order valence-electron chi connectivity index (χ0n) is 16.5. The molecule has 0 aromatic carbocycles. The fraction of sp³-hybridized carbons (Fsp3) is 0.737. The number of carbonyl (C=O) groups is 2. The highest BCUT2D eigenvalue weighted by Gasteiger charge is 2.48. The van der Waals surface area contributed by atoms with Crippen LogP contribution in [0.15, 0.2) is 11.6 Å². The number of nitriles is 1. The van der Waals surface area contributed by atoms with Crippen molar-refractivity contribution in [2.75, 3.05) is 6.54 Å². The molecule has 9 nitrogen and oxygen atoms in total. The first-order valence-corrected chi connectivity index (χ1v) is 9.95. The number of amides is 2. The Morgan fingerprint density at radius 1 is 1.45 bits per heavy atom. The smallest absolute Gasteiger partial charge is 0.251 e. The maximum atomic E-state index is 14.4. The number of carbonyl (C=O) groups excluding carboxylic acids is 2. The van der Waals surface area contributed by atoms with Gasteiger partial charge in [-0.2, -0.15) is 5.26 Å². The van der Waals surface area contributed by atoms with Crippen molar-refractivity contribution in [1.82, 2.24) is 10.6 Å². The molecule has 2 amide bonds. The minimum atomic E-state index is -1.53. The third-order valence-corrected chi connectivity index (χ3v) is 6.06. The molecular weight excluding hydrogens is 381 g/mol. The lowest BCUT2D eigenvalue weighted by Crippen LogP contribution is -2.56. The van der Waals surface area contributed by atoms with E-state index in [9.17, 15) is 23.8 Å². The Hall–Kier alpha value is -2.70. The molecule has 2 fully saturated rings. The normalized spacial score (nSPS) is 35.7. The summed E-state index contributed by atoms with van der Waals surface area (Å²) < 4.78 is 15.8. The number of rotatable bonds is 4. The second kappa shape index (κ2) is 8.35. The van der Waals surface area contributed by atoms with Gasteiger partial charge in [0, 0.05) is 44.7 Å². The maximum Gasteiger partial charge on any atom is 0.251 e. The van der Waals surface area contributed by atoms with Gasteiger partial charge in [-0.25, -0.2) is 4.39 Å². The standard InChI is InChI=1S/C19H24FN5O4/c1-10-3-4-15-16(25(10)29)6-13(19(27)23-15)7-17(26)22-11(2)18-14(20)5-12(8-21)9-24(18)28/h6,10-12,14-16,18H,3-5,7,9H2,1-2H3/p+2/t10?,11-,12?,14?,15?,16?,18?/m1/s1. The van der Waals surface area contributed by atoms with Gasteiger partial charge in [0.2, 0.25) is 24.4 Å². The fourth-order valence-electron chi connectivity index (χ4n) is 4.44. The molecule has 0 saturated carbocycles. The van der Waals surface area contributed by atoms with E-state index in [0.29, 0.717) is 17.6 Å². The average molecular weight is 407 g/mol. The number of piperidine rings is 2. The molecule has 0 radical (unpaired) electrons. The van der Waals surface area contributed by atoms with Crippen LogP contribution in [0.1, 0.15) is 39.5 Å². The largest absolute Gasteiger partial charge is 0.346 e. The van der Waals surface area contributed by atoms with Crippen molar-refractivity contribution in [3.05, 3.63) is 21.5 Å². The van der Waals surface area contributed by atoms with Crippen molar-refractivity contribution in [3.63, 3.8) is 0 Å². The Labute approximate surface area is 167 Å². The zero-order chi connectivity index (χ0) is 21.3. The molecule has 29 heavy (non-hydrogen) atoms. The second-order valence-electron chi connectivity index (χ2n) is 8.25. The summed E-state index contributed by atoms with van der Waals surface area (Å²) >= 11 is 0. The first-order valence-electron chi connectivity index (χ1n) is 9.95. The molecule has 0 spiro atoms. The van der Waals surface area contributed by atoms with Crippen molar-refractivity contribution in [1.29, 1.82) is 5.26 Å². The number of nitroso groups, excluding NO2 is 2. The van der Waals surface area contributed by atoms with Crippen LogP contribution in [-0.2, 0) is 9.59 Å². The molecule has 10 heteroatoms. The van der Waals surface area contributed by atoms with E-state index in [1.54, 1.807) is 6.08 Å². The van der Waals surface area contributed by atoms with Crippen molar-refractivity contribution in [3.8, 4) is 6.07 Å². The molecular formula is C19H26FN5O4+2. The lowest BCUT2D eigenvalue weighted by Gasteiger charge is -2.31. The van der Waals surface area contributed by atoms with Crippen molar-refractivity contribution in [2.24, 2.45) is 5.92 Å². The van der Waals surface area contributed by atoms with Crippen molar-refractivity contribution >= 4 is 11.8 Å². The Morgan fingerprint density at radius 2 is 2.17 bits per heavy atom. The summed E-state index contributed by atoms with van der Waals surface area (Å²) in [4.78, 5) is 49.2. The lowest BCUT2D eigenvalue weighted by atomic mass is 9.88. The first-order chi connectivity index (χ1) is 13.7. The third-order valence-electron chi connectivity index (χ3n) is 6.06. The number of fused-ring (bicyclic) bond motifs is 1. The van der Waals surface area contributed by atoms with E-state index >= 15 is 0 Å². The molecule has 0 bridgehead atoms. The Bertz CT molecular complexity index is 807. The molecule has 3 heterocycles. The van der Waals surface area contributed by atoms with Crippen LogP contribution in [0.5, 0.6) is 0 Å². The highest BCUT2D eigenvalue weighted by Crippen LogP contribution is 2.26. The van der Waals surface area contributed by atoms with E-state index in [0.717, 1.165) is 4.76 Å². The van der Waals surface area contributed by atoms with Gasteiger partial charge >= 0.3 is 0 Å². The van der Waals surface area contributed by atoms with Crippen LogP contribution < -0.4 is 10.6 Å². The predicted molar refractivity (Wildman–Crippen MR) is 99.2 cm³/mol. The Morgan fingerprint density at radius 3 is 2.83 bits per heavy atom. The minimum absolute atomic E-state index is 0.0474. The van der Waals surface area contributed by atoms with E-state index in [4.69, 9.17) is 5.26 Å². The summed E-state index contributed by atoms with van der Waals surface area (Å²) in [5, 5.41) is 14.3. The molecule has 7 atom stereocenters. The molecule has 0 aromatic heterocycles. The topological polar surface area (TPSA) is 122 Å². The number of hydrogen-bond donors (Lipinski definition) is 2. The Balaban J connectivity index is 1.63. The van der Waals surface area contributed by atoms with E-state index in [2.05, 4.69) is 10.6 Å². The molecule has 3 aliphatic heterocycles. The summed E-state index contributed by atoms with van der Waals surface area (Å²) in [7, 11) is 0. The number of nitrogens with zero attached hydrogens (tertiary/aromatic N) is 3. The van der Waals surface area contributed by atoms with Gasteiger partial charge in [-0.15, -0.1) is 0 Å². The average Bonchev–Trinajstić information content (AvgIpc) is 2.65. The van der Waals surface area contributed by atoms with E-state index in [1.165, 1.54) is 6.92 Å². The summed E-state index contributed by atoms with van der Waals surface area (Å²) in [6, 6.07) is -0.909. The van der Waals surface area contributed by atoms with E-state index < -0.39 is 36.1 Å². The number of nitrogens with one attached hydrogen (secondary N) is 2. The molecule has 3 rings (SSSR count). The van der Waals surface area contributed by atoms with E-state index in [1.807, 2.05) is 13.0 Å². The van der Waals surface area contributed by atoms with Gasteiger partial charge in [-0.05, 0) is 19.4 Å². The summed E-state index contributed by atoms with van der Waals surface area (Å²) in [5.74, 6) is -1.58. The zero-order valence-corrected chi connectivity index (χ0v) is 16.5. The summed E-state index contributed by atoms with van der Waals surface area (Å²) in [5.41, 5.74) is 0.190. The van der Waals surface area contributed by atoms with Gasteiger partial charge in [-0.1, -0.05) is 0 Å². The van der Waals surface area contributed by atoms with Gasteiger partial charge in [0.15, 0.2) is 12.2 Å². The number of halogens is 1. The van der Waals surface area contributed by atoms with Gasteiger partial charge in [0.1, 0.15) is 5.92 Å². The van der Waals surface area contributed by atoms with Crippen LogP contribution >= 0.6 is 0 Å². The van der Waals surface area contributed by atoms with Crippen molar-refractivity contribution in [2.45, 2.75) is 75.9 Å². The highest BCUT2D eigenvalue weighted by atomic mass is 19.1. The van der Waals surface area contributed by atoms with Crippen LogP contribution in [0.3, 0.4) is 0 Å². The first kappa shape index (κ1) is 21.0. The molecule has 2 saturated heterocycles. The summed E-state index contributed by atoms with van der Waals surface area (Å²) in [6.45, 7) is 3.25. The SMILES string of the molecule is CC1CCC2NC(=O)C(CC(=O)N[C@H](C)C3C(F)CC(C#N)C[N+]3=O)=CC2[N+]1=O. The minimum Gasteiger partial charge on any atom is -0.346 e. The molecule has 3 aliphatic rings. The quantitative estimate of drug-likeness (QED) is 0.663. The third kappa shape index (κ3) is 4.33. The fourth-order valence-corrected chi connectivity index (χ4v) is 4.44. The predicted octanol–water partition coefficient (Wildman–Crippen LogP) is 0.665. The van der Waals surface area contributed by atoms with Crippen LogP contribution in [0.25, 0.3) is 0 Å². The number of hydrogen-bond acceptors (Lipinski definition) is 5. The van der Waals surface area contributed by atoms with Crippen LogP contribution in [0, 0.1) is 27.1 Å². The maximum absolute atomic E-state index is 14.4. The second-order valence-corrected chi connectivity index (χ2v) is 8.25. The lowest BCUT2D eigenvalue weighted by molar-refractivity contribution is -0.620. The molecule has 6 unspecified atom stereocenters. The molecule has 0 aromatic rings. The van der Waals surface area contributed by atoms with Gasteiger partial charge in [0.05, 0.1) is 24.6 Å². The highest BCUT2D eigenvalue weighted by molar-refractivity contribution is 5.99. The van der Waals surface area contributed by atoms with Crippen molar-refractivity contribution < 1.29 is 23.5 Å². The number of alkyl halides is 1. The van der Waals surface area contributed by atoms with Gasteiger partial charge < -0.3 is 10.6 Å². The monoisotopic (exact) mass is 407 g/mol. The van der Waals surface area contributed by atoms with Crippen LogP contribution in [0.4, 0.5) is 4.39 Å². The van der Waals surface area contributed by atoms with Crippen LogP contribution in [-0.4, -0.2) is 64.3 Å². The van der Waals surface area contributed by atoms with Gasteiger partial charge in [-0.3, -0.25) is 9.59 Å². The molecule has 2 N–H and O–H groups in total. The van der Waals surface area contributed by atoms with Gasteiger partial charge in [0.25, 0.3) is 6.04 Å². The molecule has 156 valence electrons. The molecule has 0 aliphatic carbocycles.